The Bertz CT molecular complexity index is 617. The van der Waals surface area contributed by atoms with Crippen molar-refractivity contribution in [2.24, 2.45) is 11.8 Å². The van der Waals surface area contributed by atoms with Gasteiger partial charge in [0.05, 0.1) is 11.6 Å². The lowest BCUT2D eigenvalue weighted by molar-refractivity contribution is -0.125. The molecule has 6 heteroatoms. The van der Waals surface area contributed by atoms with Gasteiger partial charge in [0.25, 0.3) is 5.56 Å². The molecule has 0 fully saturated rings. The number of carbonyl (C=O) groups excluding carboxylic acids is 1. The van der Waals surface area contributed by atoms with Gasteiger partial charge < -0.3 is 5.32 Å². The second-order valence-corrected chi connectivity index (χ2v) is 8.26. The molecule has 2 heterocycles. The van der Waals surface area contributed by atoms with Crippen LogP contribution in [0.15, 0.2) is 16.0 Å². The fraction of sp³-hybridized carbons (Fsp3) is 0.688. The Kier molecular flexibility index (Phi) is 5.00. The lowest BCUT2D eigenvalue weighted by Crippen LogP contribution is -2.41. The first kappa shape index (κ1) is 17.1. The van der Waals surface area contributed by atoms with Crippen molar-refractivity contribution in [1.29, 1.82) is 0 Å². The van der Waals surface area contributed by atoms with Crippen LogP contribution in [0.3, 0.4) is 0 Å². The van der Waals surface area contributed by atoms with Crippen molar-refractivity contribution in [3.63, 3.8) is 0 Å². The number of nitrogens with zero attached hydrogens (tertiary/aromatic N) is 2. The maximum absolute atomic E-state index is 12.3. The molecule has 5 nitrogen and oxygen atoms in total. The van der Waals surface area contributed by atoms with E-state index in [0.29, 0.717) is 24.8 Å². The van der Waals surface area contributed by atoms with E-state index >= 15 is 0 Å². The van der Waals surface area contributed by atoms with Gasteiger partial charge in [0.1, 0.15) is 0 Å². The van der Waals surface area contributed by atoms with Gasteiger partial charge >= 0.3 is 0 Å². The highest BCUT2D eigenvalue weighted by Crippen LogP contribution is 2.27. The minimum Gasteiger partial charge on any atom is -0.356 e. The summed E-state index contributed by atoms with van der Waals surface area (Å²) in [6.07, 6.45) is 0. The molecule has 0 saturated carbocycles. The van der Waals surface area contributed by atoms with E-state index in [1.54, 1.807) is 10.6 Å². The molecule has 0 aromatic carbocycles. The molecule has 1 aliphatic heterocycles. The summed E-state index contributed by atoms with van der Waals surface area (Å²) < 4.78 is 1.63. The number of nitrogens with one attached hydrogen (secondary N) is 1. The number of rotatable bonds is 3. The lowest BCUT2D eigenvalue weighted by atomic mass is 9.92. The van der Waals surface area contributed by atoms with Crippen LogP contribution in [0.2, 0.25) is 0 Å². The second-order valence-electron chi connectivity index (χ2n) is 7.27. The van der Waals surface area contributed by atoms with Gasteiger partial charge in [-0.1, -0.05) is 46.4 Å². The van der Waals surface area contributed by atoms with E-state index in [1.807, 2.05) is 20.8 Å². The standard InChI is InChI=1S/C16H25N3O2S/c1-10(2)7-17-14(21)11-8-19-13(20)6-12(16(3,4)5)18-15(19)22-9-11/h6,10-11H,7-9H2,1-5H3,(H,17,21). The fourth-order valence-corrected chi connectivity index (χ4v) is 3.29. The van der Waals surface area contributed by atoms with Crippen LogP contribution in [0.5, 0.6) is 0 Å². The molecule has 2 rings (SSSR count). The molecular formula is C16H25N3O2S. The summed E-state index contributed by atoms with van der Waals surface area (Å²) in [7, 11) is 0. The minimum absolute atomic E-state index is 0.0265. The van der Waals surface area contributed by atoms with Gasteiger partial charge in [0, 0.05) is 30.3 Å². The average molecular weight is 323 g/mol. The maximum atomic E-state index is 12.3. The summed E-state index contributed by atoms with van der Waals surface area (Å²) in [6.45, 7) is 11.3. The number of fused-ring (bicyclic) bond motifs is 1. The largest absolute Gasteiger partial charge is 0.356 e. The van der Waals surface area contributed by atoms with Crippen molar-refractivity contribution in [1.82, 2.24) is 14.9 Å². The first-order valence-corrected chi connectivity index (χ1v) is 8.70. The van der Waals surface area contributed by atoms with Gasteiger partial charge in [-0.15, -0.1) is 0 Å². The van der Waals surface area contributed by atoms with Gasteiger partial charge in [-0.3, -0.25) is 14.2 Å². The number of hydrogen-bond acceptors (Lipinski definition) is 4. The Hall–Kier alpha value is -1.30. The normalized spacial score (nSPS) is 18.2. The fourth-order valence-electron chi connectivity index (χ4n) is 2.20. The van der Waals surface area contributed by atoms with Gasteiger partial charge in [-0.05, 0) is 5.92 Å². The van der Waals surface area contributed by atoms with E-state index in [-0.39, 0.29) is 22.8 Å². The Morgan fingerprint density at radius 3 is 2.77 bits per heavy atom. The minimum atomic E-state index is -0.170. The predicted octanol–water partition coefficient (Wildman–Crippen LogP) is 2.03. The van der Waals surface area contributed by atoms with Crippen molar-refractivity contribution in [3.8, 4) is 0 Å². The molecule has 1 aliphatic rings. The zero-order valence-electron chi connectivity index (χ0n) is 14.0. The van der Waals surface area contributed by atoms with Crippen molar-refractivity contribution >= 4 is 17.7 Å². The molecule has 0 spiro atoms. The topological polar surface area (TPSA) is 64.0 Å². The van der Waals surface area contributed by atoms with Gasteiger partial charge in [0.2, 0.25) is 5.91 Å². The third-order valence-electron chi connectivity index (χ3n) is 3.61. The van der Waals surface area contributed by atoms with Crippen LogP contribution < -0.4 is 10.9 Å². The van der Waals surface area contributed by atoms with Crippen LogP contribution in [-0.4, -0.2) is 27.8 Å². The van der Waals surface area contributed by atoms with Crippen molar-refractivity contribution in [2.75, 3.05) is 12.3 Å². The number of carbonyl (C=O) groups is 1. The molecular weight excluding hydrogens is 298 g/mol. The molecule has 1 N–H and O–H groups in total. The zero-order chi connectivity index (χ0) is 16.5. The van der Waals surface area contributed by atoms with Gasteiger partial charge in [-0.25, -0.2) is 4.98 Å². The highest BCUT2D eigenvalue weighted by molar-refractivity contribution is 7.99. The Morgan fingerprint density at radius 1 is 1.50 bits per heavy atom. The van der Waals surface area contributed by atoms with E-state index in [2.05, 4.69) is 24.1 Å². The van der Waals surface area contributed by atoms with Gasteiger partial charge in [-0.2, -0.15) is 0 Å². The monoisotopic (exact) mass is 323 g/mol. The summed E-state index contributed by atoms with van der Waals surface area (Å²) in [6, 6.07) is 1.60. The van der Waals surface area contributed by atoms with Crippen LogP contribution in [0, 0.1) is 11.8 Å². The van der Waals surface area contributed by atoms with Crippen molar-refractivity contribution in [2.45, 2.75) is 51.7 Å². The highest BCUT2D eigenvalue weighted by Gasteiger charge is 2.28. The molecule has 22 heavy (non-hydrogen) atoms. The third kappa shape index (κ3) is 3.91. The number of thioether (sulfide) groups is 1. The van der Waals surface area contributed by atoms with E-state index in [1.165, 1.54) is 11.8 Å². The molecule has 1 aromatic heterocycles. The van der Waals surface area contributed by atoms with E-state index in [4.69, 9.17) is 0 Å². The van der Waals surface area contributed by atoms with Crippen LogP contribution in [0.25, 0.3) is 0 Å². The zero-order valence-corrected chi connectivity index (χ0v) is 14.8. The maximum Gasteiger partial charge on any atom is 0.254 e. The third-order valence-corrected chi connectivity index (χ3v) is 4.75. The highest BCUT2D eigenvalue weighted by atomic mass is 32.2. The van der Waals surface area contributed by atoms with Crippen LogP contribution in [0.4, 0.5) is 0 Å². The first-order valence-electron chi connectivity index (χ1n) is 7.71. The molecule has 0 aliphatic carbocycles. The number of aromatic nitrogens is 2. The van der Waals surface area contributed by atoms with E-state index < -0.39 is 0 Å². The Balaban J connectivity index is 2.18. The molecule has 1 unspecified atom stereocenters. The van der Waals surface area contributed by atoms with E-state index in [0.717, 1.165) is 10.9 Å². The Morgan fingerprint density at radius 2 is 2.18 bits per heavy atom. The number of amides is 1. The van der Waals surface area contributed by atoms with Gasteiger partial charge in [0.15, 0.2) is 5.16 Å². The summed E-state index contributed by atoms with van der Waals surface area (Å²) in [5, 5.41) is 3.68. The molecule has 1 aromatic rings. The first-order chi connectivity index (χ1) is 10.2. The predicted molar refractivity (Wildman–Crippen MR) is 89.3 cm³/mol. The molecule has 0 radical (unpaired) electrons. The molecule has 1 atom stereocenters. The quantitative estimate of drug-likeness (QED) is 0.865. The number of hydrogen-bond donors (Lipinski definition) is 1. The van der Waals surface area contributed by atoms with Crippen LogP contribution in [-0.2, 0) is 16.8 Å². The summed E-state index contributed by atoms with van der Waals surface area (Å²) in [4.78, 5) is 29.1. The van der Waals surface area contributed by atoms with Crippen molar-refractivity contribution in [3.05, 3.63) is 22.1 Å². The van der Waals surface area contributed by atoms with E-state index in [9.17, 15) is 9.59 Å². The lowest BCUT2D eigenvalue weighted by Gasteiger charge is -2.26. The summed E-state index contributed by atoms with van der Waals surface area (Å²) >= 11 is 1.49. The van der Waals surface area contributed by atoms with Crippen LogP contribution >= 0.6 is 11.8 Å². The Labute approximate surface area is 135 Å². The van der Waals surface area contributed by atoms with Crippen molar-refractivity contribution < 1.29 is 4.79 Å². The SMILES string of the molecule is CC(C)CNC(=O)C1CSc2nc(C(C)(C)C)cc(=O)n2C1. The second kappa shape index (κ2) is 6.44. The smallest absolute Gasteiger partial charge is 0.254 e. The van der Waals surface area contributed by atoms with Crippen LogP contribution in [0.1, 0.15) is 40.3 Å². The molecule has 0 bridgehead atoms. The average Bonchev–Trinajstić information content (AvgIpc) is 2.43. The summed E-state index contributed by atoms with van der Waals surface area (Å²) in [5.74, 6) is 0.949. The molecule has 122 valence electrons. The molecule has 1 amide bonds. The summed E-state index contributed by atoms with van der Waals surface area (Å²) in [5.41, 5.74) is 0.587. The molecule has 0 saturated heterocycles.